The Labute approximate surface area is 120 Å². The third-order valence-electron chi connectivity index (χ3n) is 3.70. The van der Waals surface area contributed by atoms with Crippen molar-refractivity contribution in [1.82, 2.24) is 10.2 Å². The zero-order valence-corrected chi connectivity index (χ0v) is 13.0. The molecule has 0 bridgehead atoms. The van der Waals surface area contributed by atoms with E-state index in [4.69, 9.17) is 0 Å². The van der Waals surface area contributed by atoms with Crippen molar-refractivity contribution in [2.24, 2.45) is 5.92 Å². The summed E-state index contributed by atoms with van der Waals surface area (Å²) < 4.78 is 0. The summed E-state index contributed by atoms with van der Waals surface area (Å²) in [6.07, 6.45) is 1.96. The molecular weight excluding hydrogens is 256 g/mol. The highest BCUT2D eigenvalue weighted by atomic mass is 32.1. The first-order chi connectivity index (χ1) is 9.04. The maximum Gasteiger partial charge on any atom is 0.241 e. The average molecular weight is 280 g/mol. The van der Waals surface area contributed by atoms with Crippen LogP contribution in [-0.2, 0) is 4.79 Å². The molecule has 1 fully saturated rings. The van der Waals surface area contributed by atoms with Crippen LogP contribution in [0.25, 0.3) is 0 Å². The number of thiophene rings is 1. The largest absolute Gasteiger partial charge is 0.318 e. The van der Waals surface area contributed by atoms with Crippen molar-refractivity contribution in [2.45, 2.75) is 58.8 Å². The van der Waals surface area contributed by atoms with E-state index >= 15 is 0 Å². The second-order valence-electron chi connectivity index (χ2n) is 5.77. The Bertz CT molecular complexity index is 416. The molecule has 3 unspecified atom stereocenters. The zero-order valence-electron chi connectivity index (χ0n) is 12.2. The summed E-state index contributed by atoms with van der Waals surface area (Å²) in [4.78, 5) is 15.8. The summed E-state index contributed by atoms with van der Waals surface area (Å²) in [5.74, 6) is 0.863. The molecule has 19 heavy (non-hydrogen) atoms. The van der Waals surface area contributed by atoms with Crippen molar-refractivity contribution in [3.8, 4) is 0 Å². The number of carbonyl (C=O) groups excluding carboxylic acids is 1. The van der Waals surface area contributed by atoms with E-state index in [0.29, 0.717) is 5.92 Å². The third kappa shape index (κ3) is 3.00. The molecule has 2 heterocycles. The van der Waals surface area contributed by atoms with Crippen LogP contribution in [0.2, 0.25) is 0 Å². The molecule has 0 aromatic carbocycles. The Kier molecular flexibility index (Phi) is 4.63. The van der Waals surface area contributed by atoms with Gasteiger partial charge in [0.1, 0.15) is 6.17 Å². The van der Waals surface area contributed by atoms with Crippen LogP contribution in [0.4, 0.5) is 0 Å². The summed E-state index contributed by atoms with van der Waals surface area (Å²) in [6, 6.07) is 4.42. The Hall–Kier alpha value is -0.870. The van der Waals surface area contributed by atoms with Crippen LogP contribution >= 0.6 is 11.3 Å². The maximum atomic E-state index is 12.5. The molecule has 2 rings (SSSR count). The SMILES string of the molecule is CCC1NC(c2cccs2)N(C(C)CC(C)C)C1=O. The first-order valence-corrected chi connectivity index (χ1v) is 8.04. The zero-order chi connectivity index (χ0) is 14.0. The molecular formula is C15H24N2OS. The smallest absolute Gasteiger partial charge is 0.241 e. The van der Waals surface area contributed by atoms with E-state index in [-0.39, 0.29) is 24.2 Å². The molecule has 4 heteroatoms. The van der Waals surface area contributed by atoms with Crippen molar-refractivity contribution in [1.29, 1.82) is 0 Å². The predicted molar refractivity (Wildman–Crippen MR) is 80.0 cm³/mol. The standard InChI is InChI=1S/C15H24N2OS/c1-5-12-15(18)17(11(4)9-10(2)3)14(16-12)13-7-6-8-19-13/h6-8,10-12,14,16H,5,9H2,1-4H3. The van der Waals surface area contributed by atoms with Crippen LogP contribution in [0, 0.1) is 5.92 Å². The van der Waals surface area contributed by atoms with Crippen LogP contribution in [0.3, 0.4) is 0 Å². The van der Waals surface area contributed by atoms with Gasteiger partial charge in [0.25, 0.3) is 0 Å². The molecule has 1 amide bonds. The van der Waals surface area contributed by atoms with E-state index in [0.717, 1.165) is 12.8 Å². The molecule has 1 aromatic rings. The lowest BCUT2D eigenvalue weighted by Crippen LogP contribution is -2.39. The van der Waals surface area contributed by atoms with Gasteiger partial charge in [-0.3, -0.25) is 10.1 Å². The van der Waals surface area contributed by atoms with Gasteiger partial charge in [-0.15, -0.1) is 11.3 Å². The van der Waals surface area contributed by atoms with Gasteiger partial charge in [0.2, 0.25) is 5.91 Å². The van der Waals surface area contributed by atoms with E-state index in [2.05, 4.69) is 55.4 Å². The van der Waals surface area contributed by atoms with Crippen molar-refractivity contribution in [3.05, 3.63) is 22.4 Å². The van der Waals surface area contributed by atoms with E-state index in [1.54, 1.807) is 11.3 Å². The maximum absolute atomic E-state index is 12.5. The highest BCUT2D eigenvalue weighted by Crippen LogP contribution is 2.32. The molecule has 1 N–H and O–H groups in total. The molecule has 0 aliphatic carbocycles. The molecule has 106 valence electrons. The molecule has 3 atom stereocenters. The lowest BCUT2D eigenvalue weighted by Gasteiger charge is -2.31. The highest BCUT2D eigenvalue weighted by molar-refractivity contribution is 7.10. The van der Waals surface area contributed by atoms with Crippen molar-refractivity contribution < 1.29 is 4.79 Å². The monoisotopic (exact) mass is 280 g/mol. The van der Waals surface area contributed by atoms with Crippen LogP contribution in [0.1, 0.15) is 51.6 Å². The van der Waals surface area contributed by atoms with Crippen LogP contribution < -0.4 is 5.32 Å². The van der Waals surface area contributed by atoms with Gasteiger partial charge in [-0.1, -0.05) is 26.8 Å². The Morgan fingerprint density at radius 3 is 2.68 bits per heavy atom. The minimum Gasteiger partial charge on any atom is -0.318 e. The van der Waals surface area contributed by atoms with Crippen LogP contribution in [0.5, 0.6) is 0 Å². The Morgan fingerprint density at radius 2 is 2.16 bits per heavy atom. The number of nitrogens with zero attached hydrogens (tertiary/aromatic N) is 1. The van der Waals surface area contributed by atoms with Gasteiger partial charge in [0.05, 0.1) is 6.04 Å². The van der Waals surface area contributed by atoms with Gasteiger partial charge in [-0.05, 0) is 37.1 Å². The number of hydrogen-bond donors (Lipinski definition) is 1. The highest BCUT2D eigenvalue weighted by Gasteiger charge is 2.41. The molecule has 3 nitrogen and oxygen atoms in total. The third-order valence-corrected chi connectivity index (χ3v) is 4.62. The first kappa shape index (κ1) is 14.5. The predicted octanol–water partition coefficient (Wildman–Crippen LogP) is 3.39. The van der Waals surface area contributed by atoms with Gasteiger partial charge >= 0.3 is 0 Å². The summed E-state index contributed by atoms with van der Waals surface area (Å²) >= 11 is 1.72. The lowest BCUT2D eigenvalue weighted by molar-refractivity contribution is -0.132. The van der Waals surface area contributed by atoms with E-state index in [1.807, 2.05) is 0 Å². The summed E-state index contributed by atoms with van der Waals surface area (Å²) in [5, 5.41) is 5.56. The van der Waals surface area contributed by atoms with Gasteiger partial charge in [-0.25, -0.2) is 0 Å². The number of amides is 1. The number of rotatable bonds is 5. The van der Waals surface area contributed by atoms with Gasteiger partial charge in [-0.2, -0.15) is 0 Å². The van der Waals surface area contributed by atoms with Gasteiger partial charge in [0, 0.05) is 10.9 Å². The van der Waals surface area contributed by atoms with E-state index in [9.17, 15) is 4.79 Å². The fourth-order valence-electron chi connectivity index (χ4n) is 2.88. The molecule has 0 saturated carbocycles. The second-order valence-corrected chi connectivity index (χ2v) is 6.75. The second kappa shape index (κ2) is 6.06. The topological polar surface area (TPSA) is 32.3 Å². The van der Waals surface area contributed by atoms with E-state index < -0.39 is 0 Å². The quantitative estimate of drug-likeness (QED) is 0.896. The number of carbonyl (C=O) groups is 1. The molecule has 1 aromatic heterocycles. The lowest BCUT2D eigenvalue weighted by atomic mass is 10.0. The Balaban J connectivity index is 2.22. The number of nitrogens with one attached hydrogen (secondary N) is 1. The van der Waals surface area contributed by atoms with Crippen LogP contribution in [0.15, 0.2) is 17.5 Å². The molecule has 0 spiro atoms. The fourth-order valence-corrected chi connectivity index (χ4v) is 3.66. The van der Waals surface area contributed by atoms with E-state index in [1.165, 1.54) is 4.88 Å². The summed E-state index contributed by atoms with van der Waals surface area (Å²) in [7, 11) is 0. The van der Waals surface area contributed by atoms with Crippen molar-refractivity contribution >= 4 is 17.2 Å². The van der Waals surface area contributed by atoms with Crippen LogP contribution in [-0.4, -0.2) is 22.9 Å². The molecule has 1 saturated heterocycles. The Morgan fingerprint density at radius 1 is 1.42 bits per heavy atom. The average Bonchev–Trinajstić information content (AvgIpc) is 2.94. The summed E-state index contributed by atoms with van der Waals surface area (Å²) in [5.41, 5.74) is 0. The summed E-state index contributed by atoms with van der Waals surface area (Å²) in [6.45, 7) is 8.65. The van der Waals surface area contributed by atoms with Gasteiger partial charge in [0.15, 0.2) is 0 Å². The van der Waals surface area contributed by atoms with Crippen molar-refractivity contribution in [2.75, 3.05) is 0 Å². The minimum absolute atomic E-state index is 0.0262. The molecule has 0 radical (unpaired) electrons. The first-order valence-electron chi connectivity index (χ1n) is 7.16. The molecule has 1 aliphatic heterocycles. The van der Waals surface area contributed by atoms with Gasteiger partial charge < -0.3 is 4.90 Å². The number of hydrogen-bond acceptors (Lipinski definition) is 3. The minimum atomic E-state index is -0.0262. The molecule has 1 aliphatic rings. The fraction of sp³-hybridized carbons (Fsp3) is 0.667. The van der Waals surface area contributed by atoms with Crippen molar-refractivity contribution in [3.63, 3.8) is 0 Å². The normalized spacial score (nSPS) is 25.3.